The standard InChI is InChI=1S/C70H52N8S/c1-49-47-59(75(53-31-15-5-16-32-53)54-33-17-6-18-34-54)43-45-61(49)77(57-39-23-9-24-40-57)69-65-66(72-64(52-29-13-4-14-30-52)63(71-65)51-27-11-3-12-28-51)70(68-67(69)73-79-74-68)78(58-41-25-10-26-42-58)62-46-44-60(48-50(62)2)76(55-35-19-7-20-36-55)56-37-21-8-22-38-56/h3-48H,1-2H3. The van der Waals surface area contributed by atoms with Crippen LogP contribution in [0.4, 0.5) is 68.2 Å². The molecule has 378 valence electrons. The van der Waals surface area contributed by atoms with Crippen molar-refractivity contribution >= 4 is 102 Å². The highest BCUT2D eigenvalue weighted by molar-refractivity contribution is 7.00. The van der Waals surface area contributed by atoms with Gasteiger partial charge in [0.25, 0.3) is 0 Å². The van der Waals surface area contributed by atoms with Crippen LogP contribution < -0.4 is 19.6 Å². The number of rotatable bonds is 14. The van der Waals surface area contributed by atoms with E-state index in [9.17, 15) is 0 Å². The lowest BCUT2D eigenvalue weighted by Gasteiger charge is -2.33. The molecule has 11 aromatic carbocycles. The summed E-state index contributed by atoms with van der Waals surface area (Å²) in [5, 5.41) is 0. The summed E-state index contributed by atoms with van der Waals surface area (Å²) in [5.74, 6) is 0. The molecule has 0 bridgehead atoms. The second-order valence-corrected chi connectivity index (χ2v) is 19.8. The number of hydrogen-bond donors (Lipinski definition) is 0. The second kappa shape index (κ2) is 21.4. The first-order chi connectivity index (χ1) is 39.1. The summed E-state index contributed by atoms with van der Waals surface area (Å²) in [5.41, 5.74) is 19.9. The molecule has 13 aromatic rings. The Morgan fingerprint density at radius 2 is 0.532 bits per heavy atom. The highest BCUT2D eigenvalue weighted by atomic mass is 32.1. The predicted molar refractivity (Wildman–Crippen MR) is 330 cm³/mol. The Labute approximate surface area is 464 Å². The van der Waals surface area contributed by atoms with Crippen molar-refractivity contribution < 1.29 is 0 Å². The Bertz CT molecular complexity index is 3860. The van der Waals surface area contributed by atoms with E-state index >= 15 is 0 Å². The number of para-hydroxylation sites is 6. The Morgan fingerprint density at radius 1 is 0.266 bits per heavy atom. The van der Waals surface area contributed by atoms with Crippen LogP contribution in [0.15, 0.2) is 279 Å². The van der Waals surface area contributed by atoms with Gasteiger partial charge < -0.3 is 19.6 Å². The van der Waals surface area contributed by atoms with Crippen molar-refractivity contribution in [3.8, 4) is 22.5 Å². The third-order valence-corrected chi connectivity index (χ3v) is 14.8. The topological polar surface area (TPSA) is 64.5 Å². The molecule has 0 saturated heterocycles. The van der Waals surface area contributed by atoms with Crippen molar-refractivity contribution in [2.24, 2.45) is 0 Å². The van der Waals surface area contributed by atoms with E-state index in [-0.39, 0.29) is 0 Å². The van der Waals surface area contributed by atoms with Gasteiger partial charge in [-0.05, 0) is 134 Å². The second-order valence-electron chi connectivity index (χ2n) is 19.3. The molecule has 0 fully saturated rings. The fraction of sp³-hybridized carbons (Fsp3) is 0.0286. The van der Waals surface area contributed by atoms with E-state index in [0.717, 1.165) is 102 Å². The number of nitrogens with zero attached hydrogens (tertiary/aromatic N) is 8. The number of anilines is 12. The first-order valence-electron chi connectivity index (χ1n) is 26.4. The zero-order chi connectivity index (χ0) is 53.1. The van der Waals surface area contributed by atoms with Crippen LogP contribution in [0.25, 0.3) is 44.6 Å². The van der Waals surface area contributed by atoms with Gasteiger partial charge in [-0.15, -0.1) is 0 Å². The zero-order valence-electron chi connectivity index (χ0n) is 43.5. The molecule has 8 nitrogen and oxygen atoms in total. The molecular weight excluding hydrogens is 985 g/mol. The van der Waals surface area contributed by atoms with Crippen LogP contribution >= 0.6 is 11.7 Å². The van der Waals surface area contributed by atoms with Crippen LogP contribution in [-0.4, -0.2) is 18.7 Å². The summed E-state index contributed by atoms with van der Waals surface area (Å²) in [6.45, 7) is 4.37. The van der Waals surface area contributed by atoms with E-state index < -0.39 is 0 Å². The van der Waals surface area contributed by atoms with Crippen LogP contribution in [0, 0.1) is 13.8 Å². The predicted octanol–water partition coefficient (Wildman–Crippen LogP) is 19.5. The molecule has 0 atom stereocenters. The van der Waals surface area contributed by atoms with E-state index in [4.69, 9.17) is 18.7 Å². The molecule has 0 radical (unpaired) electrons. The highest BCUT2D eigenvalue weighted by Gasteiger charge is 2.32. The molecule has 0 N–H and O–H groups in total. The van der Waals surface area contributed by atoms with Crippen molar-refractivity contribution in [3.63, 3.8) is 0 Å². The van der Waals surface area contributed by atoms with E-state index in [2.05, 4.69) is 300 Å². The van der Waals surface area contributed by atoms with Crippen molar-refractivity contribution in [2.45, 2.75) is 13.8 Å². The van der Waals surface area contributed by atoms with E-state index in [1.165, 1.54) is 11.7 Å². The highest BCUT2D eigenvalue weighted by Crippen LogP contribution is 2.52. The molecule has 2 aromatic heterocycles. The summed E-state index contributed by atoms with van der Waals surface area (Å²) < 4.78 is 10.6. The van der Waals surface area contributed by atoms with Crippen molar-refractivity contribution in [3.05, 3.63) is 290 Å². The summed E-state index contributed by atoms with van der Waals surface area (Å²) in [6.07, 6.45) is 0. The van der Waals surface area contributed by atoms with Crippen molar-refractivity contribution in [1.29, 1.82) is 0 Å². The Balaban J connectivity index is 1.10. The minimum Gasteiger partial charge on any atom is -0.310 e. The molecule has 0 unspecified atom stereocenters. The molecule has 0 saturated carbocycles. The van der Waals surface area contributed by atoms with Gasteiger partial charge in [0.1, 0.15) is 33.4 Å². The minimum atomic E-state index is 0.672. The number of benzene rings is 11. The Kier molecular flexibility index (Phi) is 13.1. The first-order valence-corrected chi connectivity index (χ1v) is 27.1. The smallest absolute Gasteiger partial charge is 0.133 e. The molecule has 79 heavy (non-hydrogen) atoms. The Hall–Kier alpha value is -10.2. The lowest BCUT2D eigenvalue weighted by Crippen LogP contribution is -2.18. The van der Waals surface area contributed by atoms with Gasteiger partial charge in [-0.25, -0.2) is 9.97 Å². The van der Waals surface area contributed by atoms with Crippen molar-refractivity contribution in [2.75, 3.05) is 19.6 Å². The summed E-state index contributed by atoms with van der Waals surface area (Å²) >= 11 is 1.20. The van der Waals surface area contributed by atoms with E-state index in [0.29, 0.717) is 22.1 Å². The van der Waals surface area contributed by atoms with Crippen LogP contribution in [-0.2, 0) is 0 Å². The maximum absolute atomic E-state index is 5.93. The minimum absolute atomic E-state index is 0.672. The molecule has 2 heterocycles. The molecule has 9 heteroatoms. The average Bonchev–Trinajstić information content (AvgIpc) is 4.16. The number of hydrogen-bond acceptors (Lipinski definition) is 9. The lowest BCUT2D eigenvalue weighted by molar-refractivity contribution is 1.21. The largest absolute Gasteiger partial charge is 0.310 e. The normalized spacial score (nSPS) is 11.2. The third-order valence-electron chi connectivity index (χ3n) is 14.3. The number of aryl methyl sites for hydroxylation is 2. The van der Waals surface area contributed by atoms with Gasteiger partial charge in [0.15, 0.2) is 0 Å². The zero-order valence-corrected chi connectivity index (χ0v) is 44.4. The van der Waals surface area contributed by atoms with Crippen LogP contribution in [0.2, 0.25) is 0 Å². The fourth-order valence-electron chi connectivity index (χ4n) is 10.7. The number of aromatic nitrogens is 4. The van der Waals surface area contributed by atoms with E-state index in [1.807, 2.05) is 12.1 Å². The maximum Gasteiger partial charge on any atom is 0.133 e. The molecule has 0 aliphatic rings. The third kappa shape index (κ3) is 9.28. The molecular formula is C70H52N8S. The Morgan fingerprint density at radius 3 is 0.810 bits per heavy atom. The molecule has 13 rings (SSSR count). The van der Waals surface area contributed by atoms with E-state index in [1.54, 1.807) is 0 Å². The van der Waals surface area contributed by atoms with Crippen LogP contribution in [0.5, 0.6) is 0 Å². The number of fused-ring (bicyclic) bond motifs is 2. The monoisotopic (exact) mass is 1040 g/mol. The average molecular weight is 1040 g/mol. The molecule has 0 amide bonds. The van der Waals surface area contributed by atoms with Gasteiger partial charge in [-0.2, -0.15) is 8.75 Å². The summed E-state index contributed by atoms with van der Waals surface area (Å²) in [7, 11) is 0. The van der Waals surface area contributed by atoms with Gasteiger partial charge in [0, 0.05) is 68.0 Å². The van der Waals surface area contributed by atoms with Crippen molar-refractivity contribution in [1.82, 2.24) is 18.7 Å². The summed E-state index contributed by atoms with van der Waals surface area (Å²) in [6, 6.07) is 97.3. The van der Waals surface area contributed by atoms with Gasteiger partial charge >= 0.3 is 0 Å². The van der Waals surface area contributed by atoms with Crippen LogP contribution in [0.1, 0.15) is 11.1 Å². The lowest BCUT2D eigenvalue weighted by atomic mass is 10.0. The molecule has 0 spiro atoms. The quantitative estimate of drug-likeness (QED) is 0.0999. The van der Waals surface area contributed by atoms with Gasteiger partial charge in [0.2, 0.25) is 0 Å². The van der Waals surface area contributed by atoms with Gasteiger partial charge in [0.05, 0.1) is 23.1 Å². The summed E-state index contributed by atoms with van der Waals surface area (Å²) in [4.78, 5) is 21.1. The first kappa shape index (κ1) is 48.4. The maximum atomic E-state index is 5.93. The van der Waals surface area contributed by atoms with Gasteiger partial charge in [-0.3, -0.25) is 0 Å². The van der Waals surface area contributed by atoms with Gasteiger partial charge in [-0.1, -0.05) is 170 Å². The SMILES string of the molecule is Cc1cc(N(c2ccccc2)c2ccccc2)ccc1N(c1ccccc1)c1c2nsnc2c(N(c2ccccc2)c2ccc(N(c3ccccc3)c3ccccc3)cc2C)c2nc(-c3ccccc3)c(-c3ccccc3)nc12. The molecule has 0 aliphatic carbocycles. The van der Waals surface area contributed by atoms with Crippen LogP contribution in [0.3, 0.4) is 0 Å². The molecule has 0 aliphatic heterocycles. The fourth-order valence-corrected chi connectivity index (χ4v) is 11.3.